The van der Waals surface area contributed by atoms with Crippen LogP contribution in [0.25, 0.3) is 0 Å². The summed E-state index contributed by atoms with van der Waals surface area (Å²) < 4.78 is 0. The molecule has 1 heterocycles. The number of hydrogen-bond acceptors (Lipinski definition) is 4. The molecule has 0 aliphatic carbocycles. The van der Waals surface area contributed by atoms with E-state index in [-0.39, 0.29) is 11.8 Å². The molecule has 0 aliphatic rings. The Balaban J connectivity index is 1.62. The van der Waals surface area contributed by atoms with Gasteiger partial charge in [-0.2, -0.15) is 5.10 Å². The van der Waals surface area contributed by atoms with Crippen molar-refractivity contribution in [3.8, 4) is 0 Å². The Bertz CT molecular complexity index is 917. The maximum absolute atomic E-state index is 12.0. The molecular formula is C20H17N3O2S. The molecule has 0 saturated heterocycles. The van der Waals surface area contributed by atoms with E-state index >= 15 is 0 Å². The van der Waals surface area contributed by atoms with Crippen LogP contribution in [0.5, 0.6) is 0 Å². The molecule has 0 spiro atoms. The van der Waals surface area contributed by atoms with E-state index < -0.39 is 0 Å². The molecule has 0 aliphatic heterocycles. The second kappa shape index (κ2) is 8.22. The fourth-order valence-corrected chi connectivity index (χ4v) is 2.87. The summed E-state index contributed by atoms with van der Waals surface area (Å²) in [6.45, 7) is 1.81. The molecule has 130 valence electrons. The summed E-state index contributed by atoms with van der Waals surface area (Å²) >= 11 is 1.39. The maximum atomic E-state index is 12.0. The van der Waals surface area contributed by atoms with Gasteiger partial charge in [0.05, 0.1) is 10.6 Å². The molecule has 0 fully saturated rings. The molecule has 0 unspecified atom stereocenters. The van der Waals surface area contributed by atoms with Crippen LogP contribution in [-0.4, -0.2) is 17.5 Å². The van der Waals surface area contributed by atoms with Crippen LogP contribution in [0, 0.1) is 0 Å². The summed E-state index contributed by atoms with van der Waals surface area (Å²) in [4.78, 5) is 24.7. The van der Waals surface area contributed by atoms with Crippen LogP contribution in [-0.2, 0) is 0 Å². The summed E-state index contributed by atoms with van der Waals surface area (Å²) in [7, 11) is 0. The van der Waals surface area contributed by atoms with Crippen molar-refractivity contribution in [3.05, 3.63) is 88.1 Å². The maximum Gasteiger partial charge on any atom is 0.271 e. The third-order valence-electron chi connectivity index (χ3n) is 3.67. The zero-order valence-corrected chi connectivity index (χ0v) is 14.9. The van der Waals surface area contributed by atoms with Gasteiger partial charge in [-0.3, -0.25) is 9.59 Å². The van der Waals surface area contributed by atoms with Crippen molar-refractivity contribution < 1.29 is 9.59 Å². The topological polar surface area (TPSA) is 70.6 Å². The Morgan fingerprint density at radius 3 is 2.23 bits per heavy atom. The van der Waals surface area contributed by atoms with Gasteiger partial charge in [-0.15, -0.1) is 11.3 Å². The van der Waals surface area contributed by atoms with E-state index in [9.17, 15) is 9.59 Å². The number of thiophene rings is 1. The molecule has 26 heavy (non-hydrogen) atoms. The van der Waals surface area contributed by atoms with Crippen molar-refractivity contribution in [2.24, 2.45) is 5.10 Å². The first-order valence-corrected chi connectivity index (χ1v) is 8.86. The molecule has 0 saturated carbocycles. The molecule has 0 atom stereocenters. The van der Waals surface area contributed by atoms with Crippen molar-refractivity contribution in [1.82, 2.24) is 5.43 Å². The van der Waals surface area contributed by atoms with Gasteiger partial charge in [0.15, 0.2) is 0 Å². The summed E-state index contributed by atoms with van der Waals surface area (Å²) in [5.41, 5.74) is 5.32. The summed E-state index contributed by atoms with van der Waals surface area (Å²) in [6.07, 6.45) is 0. The zero-order chi connectivity index (χ0) is 18.4. The van der Waals surface area contributed by atoms with E-state index in [1.54, 1.807) is 42.5 Å². The van der Waals surface area contributed by atoms with Crippen molar-refractivity contribution in [3.63, 3.8) is 0 Å². The number of benzene rings is 2. The molecule has 3 aromatic rings. The van der Waals surface area contributed by atoms with Gasteiger partial charge in [-0.1, -0.05) is 36.4 Å². The normalized spacial score (nSPS) is 11.0. The lowest BCUT2D eigenvalue weighted by Gasteiger charge is -2.06. The monoisotopic (exact) mass is 363 g/mol. The third kappa shape index (κ3) is 4.43. The van der Waals surface area contributed by atoms with E-state index in [1.807, 2.05) is 36.6 Å². The standard InChI is InChI=1S/C20H17N3O2S/c1-14(22-23-19(24)16-6-3-2-4-7-16)15-9-11-17(12-10-15)21-20(25)18-8-5-13-26-18/h2-13H,1H3,(H,21,25)(H,23,24)/b22-14+. The zero-order valence-electron chi connectivity index (χ0n) is 14.1. The second-order valence-electron chi connectivity index (χ2n) is 5.51. The third-order valence-corrected chi connectivity index (χ3v) is 4.54. The minimum atomic E-state index is -0.259. The predicted octanol–water partition coefficient (Wildman–Crippen LogP) is 4.15. The summed E-state index contributed by atoms with van der Waals surface area (Å²) in [5, 5.41) is 8.84. The molecule has 0 radical (unpaired) electrons. The first kappa shape index (κ1) is 17.6. The Kier molecular flexibility index (Phi) is 5.56. The molecule has 6 heteroatoms. The highest BCUT2D eigenvalue weighted by Crippen LogP contribution is 2.14. The quantitative estimate of drug-likeness (QED) is 0.528. The lowest BCUT2D eigenvalue weighted by Crippen LogP contribution is -2.19. The van der Waals surface area contributed by atoms with Crippen molar-refractivity contribution >= 4 is 34.6 Å². The van der Waals surface area contributed by atoms with Crippen LogP contribution >= 0.6 is 11.3 Å². The average Bonchev–Trinajstić information content (AvgIpc) is 3.22. The minimum Gasteiger partial charge on any atom is -0.321 e. The number of rotatable bonds is 5. The lowest BCUT2D eigenvalue weighted by atomic mass is 10.1. The van der Waals surface area contributed by atoms with Crippen molar-refractivity contribution in [2.45, 2.75) is 6.92 Å². The van der Waals surface area contributed by atoms with Gasteiger partial charge < -0.3 is 5.32 Å². The Morgan fingerprint density at radius 1 is 0.846 bits per heavy atom. The number of hydrazone groups is 1. The Hall–Kier alpha value is -3.25. The van der Waals surface area contributed by atoms with E-state index in [4.69, 9.17) is 0 Å². The SMILES string of the molecule is C/C(=N\NC(=O)c1ccccc1)c1ccc(NC(=O)c2cccs2)cc1. The fraction of sp³-hybridized carbons (Fsp3) is 0.0500. The van der Waals surface area contributed by atoms with Gasteiger partial charge in [0, 0.05) is 11.3 Å². The number of anilines is 1. The van der Waals surface area contributed by atoms with E-state index in [0.717, 1.165) is 5.56 Å². The number of hydrogen-bond donors (Lipinski definition) is 2. The van der Waals surface area contributed by atoms with Crippen molar-refractivity contribution in [1.29, 1.82) is 0 Å². The summed E-state index contributed by atoms with van der Waals surface area (Å²) in [5.74, 6) is -0.391. The van der Waals surface area contributed by atoms with Crippen LogP contribution in [0.3, 0.4) is 0 Å². The van der Waals surface area contributed by atoms with Crippen LogP contribution in [0.4, 0.5) is 5.69 Å². The molecular weight excluding hydrogens is 346 g/mol. The average molecular weight is 363 g/mol. The molecule has 2 N–H and O–H groups in total. The Morgan fingerprint density at radius 2 is 1.58 bits per heavy atom. The van der Waals surface area contributed by atoms with E-state index in [2.05, 4.69) is 15.8 Å². The van der Waals surface area contributed by atoms with Gasteiger partial charge in [0.1, 0.15) is 0 Å². The highest BCUT2D eigenvalue weighted by atomic mass is 32.1. The molecule has 5 nitrogen and oxygen atoms in total. The largest absolute Gasteiger partial charge is 0.321 e. The molecule has 2 amide bonds. The highest BCUT2D eigenvalue weighted by molar-refractivity contribution is 7.12. The molecule has 0 bridgehead atoms. The van der Waals surface area contributed by atoms with Gasteiger partial charge >= 0.3 is 0 Å². The molecule has 3 rings (SSSR count). The van der Waals surface area contributed by atoms with E-state index in [1.165, 1.54) is 11.3 Å². The molecule has 2 aromatic carbocycles. The smallest absolute Gasteiger partial charge is 0.271 e. The first-order valence-electron chi connectivity index (χ1n) is 7.98. The first-order chi connectivity index (χ1) is 12.6. The van der Waals surface area contributed by atoms with E-state index in [0.29, 0.717) is 21.8 Å². The van der Waals surface area contributed by atoms with Crippen LogP contribution < -0.4 is 10.7 Å². The second-order valence-corrected chi connectivity index (χ2v) is 6.46. The van der Waals surface area contributed by atoms with Gasteiger partial charge in [0.25, 0.3) is 11.8 Å². The highest BCUT2D eigenvalue weighted by Gasteiger charge is 2.07. The fourth-order valence-electron chi connectivity index (χ4n) is 2.25. The number of carbonyl (C=O) groups is 2. The van der Waals surface area contributed by atoms with Crippen molar-refractivity contribution in [2.75, 3.05) is 5.32 Å². The number of nitrogens with zero attached hydrogens (tertiary/aromatic N) is 1. The van der Waals surface area contributed by atoms with Crippen LogP contribution in [0.1, 0.15) is 32.5 Å². The molecule has 1 aromatic heterocycles. The lowest BCUT2D eigenvalue weighted by molar-refractivity contribution is 0.0954. The predicted molar refractivity (Wildman–Crippen MR) is 105 cm³/mol. The summed E-state index contributed by atoms with van der Waals surface area (Å²) in [6, 6.07) is 19.8. The number of carbonyl (C=O) groups excluding carboxylic acids is 2. The van der Waals surface area contributed by atoms with Crippen LogP contribution in [0.2, 0.25) is 0 Å². The minimum absolute atomic E-state index is 0.131. The van der Waals surface area contributed by atoms with Crippen LogP contribution in [0.15, 0.2) is 77.2 Å². The number of nitrogens with one attached hydrogen (secondary N) is 2. The van der Waals surface area contributed by atoms with Gasteiger partial charge in [-0.05, 0) is 48.2 Å². The number of amides is 2. The van der Waals surface area contributed by atoms with Gasteiger partial charge in [0.2, 0.25) is 0 Å². The Labute approximate surface area is 155 Å². The van der Waals surface area contributed by atoms with Gasteiger partial charge in [-0.25, -0.2) is 5.43 Å².